The van der Waals surface area contributed by atoms with E-state index in [-0.39, 0.29) is 0 Å². The first kappa shape index (κ1) is 11.6. The Morgan fingerprint density at radius 2 is 2.36 bits per heavy atom. The Balaban J connectivity index is 2.34. The lowest BCUT2D eigenvalue weighted by Crippen LogP contribution is -2.18. The molecule has 0 spiro atoms. The minimum atomic E-state index is 0.367. The molecule has 76 valence electrons. The largest absolute Gasteiger partial charge is 0.309 e. The summed E-state index contributed by atoms with van der Waals surface area (Å²) >= 11 is 7.48. The molecule has 1 N–H and O–H groups in total. The molecule has 0 saturated carbocycles. The second kappa shape index (κ2) is 6.08. The van der Waals surface area contributed by atoms with Crippen molar-refractivity contribution in [1.29, 1.82) is 0 Å². The molecule has 1 rings (SSSR count). The number of hydrogen-bond acceptors (Lipinski definition) is 2. The third-order valence-corrected chi connectivity index (χ3v) is 3.31. The van der Waals surface area contributed by atoms with E-state index in [9.17, 15) is 0 Å². The van der Waals surface area contributed by atoms with Gasteiger partial charge in [-0.25, -0.2) is 0 Å². The molecule has 1 heterocycles. The smallest absolute Gasteiger partial charge is 0.0931 e. The average molecular weight is 228 g/mol. The van der Waals surface area contributed by atoms with Crippen LogP contribution in [0.3, 0.4) is 0 Å². The fraction of sp³-hybridized carbons (Fsp3) is 0.455. The topological polar surface area (TPSA) is 12.0 Å². The van der Waals surface area contributed by atoms with E-state index in [0.717, 1.165) is 17.3 Å². The quantitative estimate of drug-likeness (QED) is 0.614. The van der Waals surface area contributed by atoms with Crippen LogP contribution in [0.2, 0.25) is 4.34 Å². The van der Waals surface area contributed by atoms with Crippen molar-refractivity contribution in [2.45, 2.75) is 26.3 Å². The third-order valence-electron chi connectivity index (χ3n) is 1.90. The van der Waals surface area contributed by atoms with E-state index in [4.69, 9.17) is 11.6 Å². The molecule has 1 unspecified atom stereocenters. The van der Waals surface area contributed by atoms with Gasteiger partial charge >= 0.3 is 0 Å². The van der Waals surface area contributed by atoms with Crippen molar-refractivity contribution >= 4 is 22.9 Å². The van der Waals surface area contributed by atoms with Crippen LogP contribution >= 0.6 is 22.9 Å². The summed E-state index contributed by atoms with van der Waals surface area (Å²) in [4.78, 5) is 1.28. The van der Waals surface area contributed by atoms with Gasteiger partial charge in [0.05, 0.1) is 4.34 Å². The van der Waals surface area contributed by atoms with Crippen molar-refractivity contribution in [1.82, 2.24) is 5.32 Å². The van der Waals surface area contributed by atoms with Crippen LogP contribution in [0.5, 0.6) is 0 Å². The molecule has 0 aliphatic rings. The van der Waals surface area contributed by atoms with E-state index in [0.29, 0.717) is 6.04 Å². The van der Waals surface area contributed by atoms with Gasteiger partial charge in [-0.2, -0.15) is 0 Å². The molecule has 0 saturated heterocycles. The molecule has 0 amide bonds. The highest BCUT2D eigenvalue weighted by Crippen LogP contribution is 2.26. The summed E-state index contributed by atoms with van der Waals surface area (Å²) in [6, 6.07) is 4.37. The minimum Gasteiger partial charge on any atom is -0.309 e. The molecule has 0 bridgehead atoms. The van der Waals surface area contributed by atoms with E-state index < -0.39 is 0 Å². The summed E-state index contributed by atoms with van der Waals surface area (Å²) in [7, 11) is 0. The van der Waals surface area contributed by atoms with Crippen molar-refractivity contribution in [2.75, 3.05) is 6.54 Å². The van der Waals surface area contributed by atoms with Crippen molar-refractivity contribution in [3.8, 4) is 11.8 Å². The number of halogens is 1. The summed E-state index contributed by atoms with van der Waals surface area (Å²) in [5.74, 6) is 5.90. The number of hydrogen-bond donors (Lipinski definition) is 1. The van der Waals surface area contributed by atoms with E-state index in [1.807, 2.05) is 13.0 Å². The van der Waals surface area contributed by atoms with E-state index >= 15 is 0 Å². The van der Waals surface area contributed by atoms with Crippen molar-refractivity contribution in [3.63, 3.8) is 0 Å². The van der Waals surface area contributed by atoms with Gasteiger partial charge in [-0.15, -0.1) is 23.2 Å². The molecule has 1 atom stereocenters. The van der Waals surface area contributed by atoms with Crippen LogP contribution in [-0.2, 0) is 0 Å². The molecule has 0 aliphatic carbocycles. The zero-order chi connectivity index (χ0) is 10.4. The SMILES string of the molecule is CC#CCCNC(C)c1ccc(Cl)s1. The van der Waals surface area contributed by atoms with Crippen molar-refractivity contribution in [3.05, 3.63) is 21.3 Å². The normalized spacial score (nSPS) is 11.9. The Bertz CT molecular complexity index is 335. The fourth-order valence-electron chi connectivity index (χ4n) is 1.14. The summed E-state index contributed by atoms with van der Waals surface area (Å²) in [6.07, 6.45) is 0.903. The molecule has 1 aromatic heterocycles. The predicted octanol–water partition coefficient (Wildman–Crippen LogP) is 3.47. The Morgan fingerprint density at radius 1 is 1.57 bits per heavy atom. The van der Waals surface area contributed by atoms with Gasteiger partial charge in [0.25, 0.3) is 0 Å². The highest BCUT2D eigenvalue weighted by Gasteiger charge is 2.06. The zero-order valence-electron chi connectivity index (χ0n) is 8.43. The molecule has 0 aromatic carbocycles. The molecule has 0 aliphatic heterocycles. The van der Waals surface area contributed by atoms with Crippen molar-refractivity contribution < 1.29 is 0 Å². The zero-order valence-corrected chi connectivity index (χ0v) is 10.0. The van der Waals surface area contributed by atoms with Gasteiger partial charge in [-0.3, -0.25) is 0 Å². The number of nitrogens with one attached hydrogen (secondary N) is 1. The van der Waals surface area contributed by atoms with Crippen LogP contribution in [0.4, 0.5) is 0 Å². The van der Waals surface area contributed by atoms with Gasteiger partial charge in [-0.1, -0.05) is 11.6 Å². The standard InChI is InChI=1S/C11H14ClNS/c1-3-4-5-8-13-9(2)10-6-7-11(12)14-10/h6-7,9,13H,5,8H2,1-2H3. The van der Waals surface area contributed by atoms with E-state index in [1.54, 1.807) is 11.3 Å². The van der Waals surface area contributed by atoms with Crippen LogP contribution in [0.15, 0.2) is 12.1 Å². The van der Waals surface area contributed by atoms with Crippen LogP contribution in [-0.4, -0.2) is 6.54 Å². The van der Waals surface area contributed by atoms with Crippen LogP contribution in [0, 0.1) is 11.8 Å². The monoisotopic (exact) mass is 227 g/mol. The van der Waals surface area contributed by atoms with Gasteiger partial charge in [0, 0.05) is 23.9 Å². The summed E-state index contributed by atoms with van der Waals surface area (Å²) in [6.45, 7) is 4.93. The molecular weight excluding hydrogens is 214 g/mol. The summed E-state index contributed by atoms with van der Waals surface area (Å²) < 4.78 is 0.849. The summed E-state index contributed by atoms with van der Waals surface area (Å²) in [5, 5.41) is 3.40. The number of thiophene rings is 1. The maximum absolute atomic E-state index is 5.86. The predicted molar refractivity (Wildman–Crippen MR) is 63.8 cm³/mol. The molecule has 3 heteroatoms. The molecule has 0 radical (unpaired) electrons. The fourth-order valence-corrected chi connectivity index (χ4v) is 2.23. The lowest BCUT2D eigenvalue weighted by Gasteiger charge is -2.09. The first-order chi connectivity index (χ1) is 6.74. The second-order valence-corrected chi connectivity index (χ2v) is 4.74. The molecule has 1 nitrogen and oxygen atoms in total. The number of rotatable bonds is 4. The van der Waals surface area contributed by atoms with Crippen LogP contribution < -0.4 is 5.32 Å². The average Bonchev–Trinajstić information content (AvgIpc) is 2.59. The minimum absolute atomic E-state index is 0.367. The van der Waals surface area contributed by atoms with Gasteiger partial charge in [0.1, 0.15) is 0 Å². The Hall–Kier alpha value is -0.490. The summed E-state index contributed by atoms with van der Waals surface area (Å²) in [5.41, 5.74) is 0. The first-order valence-corrected chi connectivity index (χ1v) is 5.81. The molecule has 14 heavy (non-hydrogen) atoms. The van der Waals surface area contributed by atoms with Gasteiger partial charge in [0.2, 0.25) is 0 Å². The maximum atomic E-state index is 5.86. The first-order valence-electron chi connectivity index (χ1n) is 4.62. The third kappa shape index (κ3) is 3.71. The maximum Gasteiger partial charge on any atom is 0.0931 e. The highest BCUT2D eigenvalue weighted by molar-refractivity contribution is 7.16. The second-order valence-electron chi connectivity index (χ2n) is 2.99. The Morgan fingerprint density at radius 3 is 2.93 bits per heavy atom. The Labute approximate surface area is 94.5 Å². The van der Waals surface area contributed by atoms with Crippen molar-refractivity contribution in [2.24, 2.45) is 0 Å². The van der Waals surface area contributed by atoms with Gasteiger partial charge in [0.15, 0.2) is 0 Å². The highest BCUT2D eigenvalue weighted by atomic mass is 35.5. The molecular formula is C11H14ClNS. The van der Waals surface area contributed by atoms with E-state index in [2.05, 4.69) is 30.1 Å². The molecule has 0 fully saturated rings. The van der Waals surface area contributed by atoms with E-state index in [1.165, 1.54) is 4.88 Å². The van der Waals surface area contributed by atoms with Crippen LogP contribution in [0.1, 0.15) is 31.2 Å². The van der Waals surface area contributed by atoms with Crippen LogP contribution in [0.25, 0.3) is 0 Å². The Kier molecular flexibility index (Phi) is 5.03. The van der Waals surface area contributed by atoms with Gasteiger partial charge < -0.3 is 5.32 Å². The lowest BCUT2D eigenvalue weighted by atomic mass is 10.2. The molecule has 1 aromatic rings. The lowest BCUT2D eigenvalue weighted by molar-refractivity contribution is 0.592. The van der Waals surface area contributed by atoms with Gasteiger partial charge in [-0.05, 0) is 26.0 Å².